The summed E-state index contributed by atoms with van der Waals surface area (Å²) < 4.78 is 29.6. The SMILES string of the molecule is C[C@@H](NC1CCN(c2ccc(Cl)cc2)CC1)[C@](O)(Cn1cncn1)c1ccc(F)cc1F. The van der Waals surface area contributed by atoms with Crippen molar-refractivity contribution >= 4 is 17.3 Å². The molecule has 0 saturated carbocycles. The molecule has 2 atom stereocenters. The fraction of sp³-hybridized carbons (Fsp3) is 0.391. The first-order valence-electron chi connectivity index (χ1n) is 10.6. The summed E-state index contributed by atoms with van der Waals surface area (Å²) in [6.45, 7) is 3.48. The number of nitrogens with zero attached hydrogens (tertiary/aromatic N) is 4. The smallest absolute Gasteiger partial charge is 0.137 e. The second-order valence-corrected chi connectivity index (χ2v) is 8.70. The first-order chi connectivity index (χ1) is 15.3. The summed E-state index contributed by atoms with van der Waals surface area (Å²) in [5.74, 6) is -1.48. The van der Waals surface area contributed by atoms with Gasteiger partial charge < -0.3 is 15.3 Å². The van der Waals surface area contributed by atoms with E-state index in [4.69, 9.17) is 11.6 Å². The highest BCUT2D eigenvalue weighted by atomic mass is 35.5. The van der Waals surface area contributed by atoms with Gasteiger partial charge in [0, 0.05) is 47.5 Å². The van der Waals surface area contributed by atoms with Crippen molar-refractivity contribution in [1.29, 1.82) is 0 Å². The molecule has 2 heterocycles. The molecule has 1 aromatic heterocycles. The summed E-state index contributed by atoms with van der Waals surface area (Å²) in [7, 11) is 0. The number of nitrogens with one attached hydrogen (secondary N) is 1. The number of benzene rings is 2. The Balaban J connectivity index is 1.48. The van der Waals surface area contributed by atoms with Gasteiger partial charge >= 0.3 is 0 Å². The van der Waals surface area contributed by atoms with Crippen LogP contribution >= 0.6 is 11.6 Å². The topological polar surface area (TPSA) is 66.2 Å². The molecule has 2 aromatic carbocycles. The standard InChI is InChI=1S/C23H26ClF2N5O/c1-16(29-19-8-10-30(11-9-19)20-5-2-17(24)3-6-20)23(32,13-31-15-27-14-28-31)21-7-4-18(25)12-22(21)26/h2-7,12,14-16,19,29,32H,8-11,13H2,1H3/t16-,23-/m1/s1. The summed E-state index contributed by atoms with van der Waals surface area (Å²) in [5.41, 5.74) is -0.510. The Morgan fingerprint density at radius 3 is 2.53 bits per heavy atom. The Hall–Kier alpha value is -2.55. The van der Waals surface area contributed by atoms with Gasteiger partial charge in [-0.25, -0.2) is 18.4 Å². The van der Waals surface area contributed by atoms with E-state index in [0.717, 1.165) is 43.8 Å². The van der Waals surface area contributed by atoms with Crippen molar-refractivity contribution < 1.29 is 13.9 Å². The van der Waals surface area contributed by atoms with Gasteiger partial charge in [-0.05, 0) is 50.1 Å². The largest absolute Gasteiger partial charge is 0.381 e. The average Bonchev–Trinajstić information content (AvgIpc) is 3.27. The molecule has 1 fully saturated rings. The maximum Gasteiger partial charge on any atom is 0.137 e. The normalized spacial score (nSPS) is 17.8. The molecule has 1 aliphatic rings. The van der Waals surface area contributed by atoms with Gasteiger partial charge in [0.2, 0.25) is 0 Å². The Bertz CT molecular complexity index is 1030. The van der Waals surface area contributed by atoms with Crippen LogP contribution in [0.1, 0.15) is 25.3 Å². The summed E-state index contributed by atoms with van der Waals surface area (Å²) in [6.07, 6.45) is 4.53. The second-order valence-electron chi connectivity index (χ2n) is 8.27. The third kappa shape index (κ3) is 4.92. The maximum absolute atomic E-state index is 14.7. The molecule has 3 aromatic rings. The zero-order valence-electron chi connectivity index (χ0n) is 17.8. The van der Waals surface area contributed by atoms with Crippen LogP contribution in [0.4, 0.5) is 14.5 Å². The molecule has 170 valence electrons. The van der Waals surface area contributed by atoms with Gasteiger partial charge in [0.1, 0.15) is 29.9 Å². The number of piperidine rings is 1. The van der Waals surface area contributed by atoms with E-state index in [2.05, 4.69) is 20.3 Å². The van der Waals surface area contributed by atoms with Crippen LogP contribution in [0.2, 0.25) is 5.02 Å². The highest BCUT2D eigenvalue weighted by Gasteiger charge is 2.40. The molecule has 6 nitrogen and oxygen atoms in total. The maximum atomic E-state index is 14.7. The van der Waals surface area contributed by atoms with E-state index < -0.39 is 23.3 Å². The number of anilines is 1. The quantitative estimate of drug-likeness (QED) is 0.561. The highest BCUT2D eigenvalue weighted by molar-refractivity contribution is 6.30. The molecule has 0 aliphatic carbocycles. The zero-order chi connectivity index (χ0) is 22.7. The molecule has 2 N–H and O–H groups in total. The number of halogens is 3. The lowest BCUT2D eigenvalue weighted by Gasteiger charge is -2.40. The molecule has 0 amide bonds. The molecule has 1 aliphatic heterocycles. The second kappa shape index (κ2) is 9.52. The third-order valence-electron chi connectivity index (χ3n) is 6.16. The molecule has 0 bridgehead atoms. The summed E-state index contributed by atoms with van der Waals surface area (Å²) in [6, 6.07) is 10.6. The molecule has 0 unspecified atom stereocenters. The van der Waals surface area contributed by atoms with Crippen LogP contribution in [0.25, 0.3) is 0 Å². The van der Waals surface area contributed by atoms with Crippen LogP contribution in [0, 0.1) is 11.6 Å². The Labute approximate surface area is 190 Å². The molecular weight excluding hydrogens is 436 g/mol. The molecule has 1 saturated heterocycles. The monoisotopic (exact) mass is 461 g/mol. The number of hydrogen-bond donors (Lipinski definition) is 2. The summed E-state index contributed by atoms with van der Waals surface area (Å²) in [4.78, 5) is 6.20. The van der Waals surface area contributed by atoms with E-state index in [0.29, 0.717) is 5.02 Å². The minimum absolute atomic E-state index is 0.0205. The Morgan fingerprint density at radius 2 is 1.91 bits per heavy atom. The molecular formula is C23H26ClF2N5O. The number of aromatic nitrogens is 3. The van der Waals surface area contributed by atoms with E-state index in [-0.39, 0.29) is 18.2 Å². The van der Waals surface area contributed by atoms with E-state index in [1.54, 1.807) is 0 Å². The average molecular weight is 462 g/mol. The first-order valence-corrected chi connectivity index (χ1v) is 11.0. The molecule has 9 heteroatoms. The van der Waals surface area contributed by atoms with E-state index >= 15 is 0 Å². The van der Waals surface area contributed by atoms with Crippen molar-refractivity contribution in [3.05, 3.63) is 77.3 Å². The lowest BCUT2D eigenvalue weighted by molar-refractivity contribution is -0.0242. The van der Waals surface area contributed by atoms with Gasteiger partial charge in [0.25, 0.3) is 0 Å². The molecule has 0 spiro atoms. The fourth-order valence-electron chi connectivity index (χ4n) is 4.30. The van der Waals surface area contributed by atoms with Crippen LogP contribution < -0.4 is 10.2 Å². The van der Waals surface area contributed by atoms with Gasteiger partial charge in [-0.3, -0.25) is 0 Å². The van der Waals surface area contributed by atoms with Crippen molar-refractivity contribution in [2.24, 2.45) is 0 Å². The van der Waals surface area contributed by atoms with E-state index in [1.165, 1.54) is 23.4 Å². The first kappa shape index (κ1) is 22.6. The van der Waals surface area contributed by atoms with Crippen molar-refractivity contribution in [3.8, 4) is 0 Å². The summed E-state index contributed by atoms with van der Waals surface area (Å²) in [5, 5.41) is 19.9. The Kier molecular flexibility index (Phi) is 6.74. The molecule has 4 rings (SSSR count). The molecule has 32 heavy (non-hydrogen) atoms. The van der Waals surface area contributed by atoms with Gasteiger partial charge in [-0.2, -0.15) is 5.10 Å². The van der Waals surface area contributed by atoms with Gasteiger partial charge in [-0.15, -0.1) is 0 Å². The predicted octanol–water partition coefficient (Wildman–Crippen LogP) is 3.74. The van der Waals surface area contributed by atoms with Crippen molar-refractivity contribution in [2.75, 3.05) is 18.0 Å². The van der Waals surface area contributed by atoms with E-state index in [1.807, 2.05) is 31.2 Å². The number of rotatable bonds is 7. The minimum Gasteiger partial charge on any atom is -0.381 e. The van der Waals surface area contributed by atoms with Gasteiger partial charge in [0.05, 0.1) is 6.54 Å². The lowest BCUT2D eigenvalue weighted by Crippen LogP contribution is -2.55. The Morgan fingerprint density at radius 1 is 1.19 bits per heavy atom. The van der Waals surface area contributed by atoms with Crippen molar-refractivity contribution in [3.63, 3.8) is 0 Å². The predicted molar refractivity (Wildman–Crippen MR) is 120 cm³/mol. The highest BCUT2D eigenvalue weighted by Crippen LogP contribution is 2.31. The number of aliphatic hydroxyl groups is 1. The van der Waals surface area contributed by atoms with Gasteiger partial charge in [0.15, 0.2) is 0 Å². The van der Waals surface area contributed by atoms with E-state index in [9.17, 15) is 13.9 Å². The van der Waals surface area contributed by atoms with Crippen molar-refractivity contribution in [2.45, 2.75) is 44.0 Å². The zero-order valence-corrected chi connectivity index (χ0v) is 18.5. The van der Waals surface area contributed by atoms with Crippen LogP contribution in [-0.2, 0) is 12.1 Å². The van der Waals surface area contributed by atoms with Crippen LogP contribution in [-0.4, -0.2) is 45.0 Å². The minimum atomic E-state index is -1.65. The number of hydrogen-bond acceptors (Lipinski definition) is 5. The fourth-order valence-corrected chi connectivity index (χ4v) is 4.43. The third-order valence-corrected chi connectivity index (χ3v) is 6.41. The van der Waals surface area contributed by atoms with Crippen LogP contribution in [0.3, 0.4) is 0 Å². The van der Waals surface area contributed by atoms with Crippen LogP contribution in [0.5, 0.6) is 0 Å². The lowest BCUT2D eigenvalue weighted by atomic mass is 9.85. The van der Waals surface area contributed by atoms with Crippen LogP contribution in [0.15, 0.2) is 55.1 Å². The van der Waals surface area contributed by atoms with Crippen molar-refractivity contribution in [1.82, 2.24) is 20.1 Å². The van der Waals surface area contributed by atoms with Gasteiger partial charge in [-0.1, -0.05) is 17.7 Å². The molecule has 0 radical (unpaired) electrons. The summed E-state index contributed by atoms with van der Waals surface area (Å²) >= 11 is 5.98.